The second kappa shape index (κ2) is 10.7. The molecule has 2 aromatic carbocycles. The van der Waals surface area contributed by atoms with E-state index in [2.05, 4.69) is 10.6 Å². The molecule has 0 aliphatic heterocycles. The van der Waals surface area contributed by atoms with Gasteiger partial charge < -0.3 is 30.0 Å². The molecule has 3 rings (SSSR count). The Balaban J connectivity index is 1.64. The maximum atomic E-state index is 12.5. The van der Waals surface area contributed by atoms with E-state index >= 15 is 0 Å². The lowest BCUT2D eigenvalue weighted by Gasteiger charge is -2.21. The van der Waals surface area contributed by atoms with Crippen LogP contribution in [0.4, 0.5) is 4.79 Å². The zero-order valence-corrected chi connectivity index (χ0v) is 17.9. The number of nitrogens with one attached hydrogen (secondary N) is 2. The number of hydrogen-bond acceptors (Lipinski definition) is 6. The van der Waals surface area contributed by atoms with E-state index < -0.39 is 30.1 Å². The minimum atomic E-state index is -1.25. The lowest BCUT2D eigenvalue weighted by atomic mass is 9.98. The molecule has 2 aromatic rings. The molecule has 2 amide bonds. The van der Waals surface area contributed by atoms with Crippen LogP contribution >= 0.6 is 0 Å². The molecule has 0 aromatic heterocycles. The van der Waals surface area contributed by atoms with Crippen LogP contribution < -0.4 is 10.6 Å². The van der Waals surface area contributed by atoms with Crippen LogP contribution in [-0.4, -0.2) is 69.2 Å². The van der Waals surface area contributed by atoms with Gasteiger partial charge in [0.15, 0.2) is 6.04 Å². The number of benzene rings is 2. The van der Waals surface area contributed by atoms with E-state index in [4.69, 9.17) is 14.2 Å². The summed E-state index contributed by atoms with van der Waals surface area (Å²) in [4.78, 5) is 36.2. The number of carboxylic acids is 1. The molecule has 0 spiro atoms. The van der Waals surface area contributed by atoms with Crippen LogP contribution in [0.2, 0.25) is 0 Å². The monoisotopic (exact) mass is 442 g/mol. The molecule has 1 aliphatic carbocycles. The summed E-state index contributed by atoms with van der Waals surface area (Å²) in [6.07, 6.45) is -0.803. The van der Waals surface area contributed by atoms with Gasteiger partial charge in [-0.25, -0.2) is 9.59 Å². The molecule has 170 valence electrons. The van der Waals surface area contributed by atoms with Crippen molar-refractivity contribution >= 4 is 18.0 Å². The van der Waals surface area contributed by atoms with Crippen molar-refractivity contribution in [2.24, 2.45) is 0 Å². The number of ether oxygens (including phenoxy) is 3. The van der Waals surface area contributed by atoms with Crippen LogP contribution in [-0.2, 0) is 23.8 Å². The molecule has 0 fully saturated rings. The third-order valence-corrected chi connectivity index (χ3v) is 5.23. The van der Waals surface area contributed by atoms with Gasteiger partial charge >= 0.3 is 12.1 Å². The first-order chi connectivity index (χ1) is 15.5. The summed E-state index contributed by atoms with van der Waals surface area (Å²) in [5.41, 5.74) is 4.34. The molecule has 0 saturated heterocycles. The highest BCUT2D eigenvalue weighted by Gasteiger charge is 2.30. The second-order valence-corrected chi connectivity index (χ2v) is 7.33. The lowest BCUT2D eigenvalue weighted by molar-refractivity contribution is -0.143. The van der Waals surface area contributed by atoms with Crippen LogP contribution in [0, 0.1) is 0 Å². The largest absolute Gasteiger partial charge is 0.480 e. The molecular formula is C23H26N2O7. The smallest absolute Gasteiger partial charge is 0.407 e. The number of aliphatic carboxylic acids is 1. The molecule has 9 heteroatoms. The predicted molar refractivity (Wildman–Crippen MR) is 115 cm³/mol. The number of carboxylic acid groups (broad SMARTS) is 1. The molecule has 0 unspecified atom stereocenters. The van der Waals surface area contributed by atoms with E-state index in [0.717, 1.165) is 22.3 Å². The van der Waals surface area contributed by atoms with Crippen molar-refractivity contribution in [3.8, 4) is 11.1 Å². The molecule has 9 nitrogen and oxygen atoms in total. The number of methoxy groups -OCH3 is 2. The summed E-state index contributed by atoms with van der Waals surface area (Å²) in [6.45, 7) is -0.288. The Morgan fingerprint density at radius 1 is 0.875 bits per heavy atom. The van der Waals surface area contributed by atoms with Crippen molar-refractivity contribution in [1.82, 2.24) is 10.6 Å². The van der Waals surface area contributed by atoms with E-state index in [0.29, 0.717) is 0 Å². The first-order valence-corrected chi connectivity index (χ1v) is 10.1. The van der Waals surface area contributed by atoms with Gasteiger partial charge in [-0.2, -0.15) is 0 Å². The molecule has 0 saturated carbocycles. The normalized spacial score (nSPS) is 14.1. The predicted octanol–water partition coefficient (Wildman–Crippen LogP) is 1.76. The van der Waals surface area contributed by atoms with Crippen LogP contribution in [0.1, 0.15) is 17.0 Å². The number of rotatable bonds is 10. The Hall–Kier alpha value is -3.43. The maximum absolute atomic E-state index is 12.5. The number of carbonyl (C=O) groups excluding carboxylic acids is 2. The van der Waals surface area contributed by atoms with Gasteiger partial charge in [-0.15, -0.1) is 0 Å². The Morgan fingerprint density at radius 3 is 1.94 bits per heavy atom. The zero-order valence-electron chi connectivity index (χ0n) is 17.9. The minimum Gasteiger partial charge on any atom is -0.480 e. The molecule has 32 heavy (non-hydrogen) atoms. The number of fused-ring (bicyclic) bond motifs is 3. The summed E-state index contributed by atoms with van der Waals surface area (Å²) in [6, 6.07) is 13.5. The third-order valence-electron chi connectivity index (χ3n) is 5.23. The topological polar surface area (TPSA) is 123 Å². The average Bonchev–Trinajstić information content (AvgIpc) is 3.10. The Bertz CT molecular complexity index is 933. The summed E-state index contributed by atoms with van der Waals surface area (Å²) in [5.74, 6) is -2.09. The van der Waals surface area contributed by atoms with Crippen molar-refractivity contribution in [1.29, 1.82) is 0 Å². The van der Waals surface area contributed by atoms with Gasteiger partial charge in [-0.05, 0) is 22.3 Å². The Labute approximate surface area is 185 Å². The van der Waals surface area contributed by atoms with E-state index in [9.17, 15) is 19.5 Å². The average molecular weight is 442 g/mol. The van der Waals surface area contributed by atoms with E-state index in [1.54, 1.807) is 0 Å². The lowest BCUT2D eigenvalue weighted by Crippen LogP contribution is -2.54. The first kappa shape index (κ1) is 23.2. The summed E-state index contributed by atoms with van der Waals surface area (Å²) in [5, 5.41) is 13.9. The van der Waals surface area contributed by atoms with E-state index in [1.807, 2.05) is 48.5 Å². The highest BCUT2D eigenvalue weighted by atomic mass is 16.5. The number of alkyl carbamates (subject to hydrolysis) is 1. The molecule has 2 atom stereocenters. The van der Waals surface area contributed by atoms with Gasteiger partial charge in [0.25, 0.3) is 0 Å². The van der Waals surface area contributed by atoms with Crippen molar-refractivity contribution in [2.75, 3.05) is 34.0 Å². The zero-order chi connectivity index (χ0) is 23.1. The van der Waals surface area contributed by atoms with Crippen LogP contribution in [0.3, 0.4) is 0 Å². The molecule has 0 bridgehead atoms. The molecular weight excluding hydrogens is 416 g/mol. The summed E-state index contributed by atoms with van der Waals surface area (Å²) in [7, 11) is 2.69. The van der Waals surface area contributed by atoms with Crippen molar-refractivity contribution in [2.45, 2.75) is 18.0 Å². The minimum absolute atomic E-state index is 0.0859. The molecule has 3 N–H and O–H groups in total. The molecule has 0 heterocycles. The van der Waals surface area contributed by atoms with Gasteiger partial charge in [-0.3, -0.25) is 4.79 Å². The fourth-order valence-corrected chi connectivity index (χ4v) is 3.75. The van der Waals surface area contributed by atoms with Gasteiger partial charge in [0.1, 0.15) is 12.6 Å². The fourth-order valence-electron chi connectivity index (χ4n) is 3.75. The van der Waals surface area contributed by atoms with Crippen LogP contribution in [0.5, 0.6) is 0 Å². The highest BCUT2D eigenvalue weighted by molar-refractivity contribution is 5.89. The first-order valence-electron chi connectivity index (χ1n) is 10.1. The highest BCUT2D eigenvalue weighted by Crippen LogP contribution is 2.44. The number of amides is 2. The Morgan fingerprint density at radius 2 is 1.41 bits per heavy atom. The third kappa shape index (κ3) is 5.24. The standard InChI is InChI=1S/C23H26N2O7/c1-30-12-19(21(26)24-20(13-31-2)22(27)28)25-23(29)32-11-18-16-9-5-3-7-14(16)15-8-4-6-10-17(15)18/h3-10,18-20H,11-13H2,1-2H3,(H,24,26)(H,25,29)(H,27,28)/t19-,20-/m0/s1. The van der Waals surface area contributed by atoms with Crippen LogP contribution in [0.25, 0.3) is 11.1 Å². The fraction of sp³-hybridized carbons (Fsp3) is 0.348. The number of carbonyl (C=O) groups is 3. The molecule has 0 radical (unpaired) electrons. The summed E-state index contributed by atoms with van der Waals surface area (Å²) >= 11 is 0. The van der Waals surface area contributed by atoms with Crippen molar-refractivity contribution in [3.63, 3.8) is 0 Å². The molecule has 1 aliphatic rings. The van der Waals surface area contributed by atoms with Gasteiger partial charge in [0.2, 0.25) is 5.91 Å². The van der Waals surface area contributed by atoms with E-state index in [-0.39, 0.29) is 25.7 Å². The van der Waals surface area contributed by atoms with Crippen LogP contribution in [0.15, 0.2) is 48.5 Å². The van der Waals surface area contributed by atoms with Gasteiger partial charge in [-0.1, -0.05) is 48.5 Å². The second-order valence-electron chi connectivity index (χ2n) is 7.33. The quantitative estimate of drug-likeness (QED) is 0.512. The Kier molecular flexibility index (Phi) is 7.80. The van der Waals surface area contributed by atoms with Crippen molar-refractivity contribution < 1.29 is 33.7 Å². The maximum Gasteiger partial charge on any atom is 0.407 e. The van der Waals surface area contributed by atoms with Gasteiger partial charge in [0.05, 0.1) is 13.2 Å². The van der Waals surface area contributed by atoms with Crippen molar-refractivity contribution in [3.05, 3.63) is 59.7 Å². The van der Waals surface area contributed by atoms with Gasteiger partial charge in [0, 0.05) is 20.1 Å². The summed E-state index contributed by atoms with van der Waals surface area (Å²) < 4.78 is 15.2. The van der Waals surface area contributed by atoms with E-state index in [1.165, 1.54) is 14.2 Å². The SMILES string of the molecule is COC[C@H](NC(=O)[C@H](COC)NC(=O)OCC1c2ccccc2-c2ccccc21)C(=O)O. The number of hydrogen-bond donors (Lipinski definition) is 3.